The summed E-state index contributed by atoms with van der Waals surface area (Å²) in [6.45, 7) is 4.85. The third-order valence-corrected chi connectivity index (χ3v) is 2.65. The largest absolute Gasteiger partial charge is 0.379 e. The first-order valence-corrected chi connectivity index (χ1v) is 5.58. The van der Waals surface area contributed by atoms with Gasteiger partial charge in [-0.15, -0.1) is 0 Å². The van der Waals surface area contributed by atoms with Gasteiger partial charge in [0.15, 0.2) is 0 Å². The highest BCUT2D eigenvalue weighted by atomic mass is 16.5. The van der Waals surface area contributed by atoms with Crippen LogP contribution in [0, 0.1) is 5.92 Å². The summed E-state index contributed by atoms with van der Waals surface area (Å²) < 4.78 is 11.0. The number of hydrogen-bond donors (Lipinski definition) is 0. The van der Waals surface area contributed by atoms with Crippen molar-refractivity contribution in [2.24, 2.45) is 11.0 Å². The van der Waals surface area contributed by atoms with E-state index >= 15 is 0 Å². The van der Waals surface area contributed by atoms with Crippen LogP contribution in [0.2, 0.25) is 0 Å². The van der Waals surface area contributed by atoms with Gasteiger partial charge in [0, 0.05) is 24.7 Å². The van der Waals surface area contributed by atoms with Crippen molar-refractivity contribution in [3.8, 4) is 0 Å². The SMILES string of the molecule is CCCCOC[C@H]1OCC[C@@H]1CN=[N+]=[N-]. The average molecular weight is 213 g/mol. The van der Waals surface area contributed by atoms with Crippen molar-refractivity contribution in [2.45, 2.75) is 32.3 Å². The lowest BCUT2D eigenvalue weighted by molar-refractivity contribution is 0.00234. The molecule has 1 heterocycles. The molecule has 0 amide bonds. The zero-order valence-corrected chi connectivity index (χ0v) is 9.26. The Morgan fingerprint density at radius 2 is 2.47 bits per heavy atom. The molecule has 0 aromatic heterocycles. The summed E-state index contributed by atoms with van der Waals surface area (Å²) in [6, 6.07) is 0. The van der Waals surface area contributed by atoms with E-state index < -0.39 is 0 Å². The van der Waals surface area contributed by atoms with Gasteiger partial charge in [0.1, 0.15) is 0 Å². The lowest BCUT2D eigenvalue weighted by Gasteiger charge is -2.16. The summed E-state index contributed by atoms with van der Waals surface area (Å²) in [5, 5.41) is 3.59. The van der Waals surface area contributed by atoms with Crippen LogP contribution in [-0.2, 0) is 9.47 Å². The van der Waals surface area contributed by atoms with Crippen molar-refractivity contribution in [1.82, 2.24) is 0 Å². The van der Waals surface area contributed by atoms with Crippen LogP contribution in [0.15, 0.2) is 5.11 Å². The molecule has 15 heavy (non-hydrogen) atoms. The molecule has 0 N–H and O–H groups in total. The Morgan fingerprint density at radius 1 is 1.60 bits per heavy atom. The number of ether oxygens (including phenoxy) is 2. The van der Waals surface area contributed by atoms with E-state index in [0.717, 1.165) is 32.5 Å². The first-order chi connectivity index (χ1) is 7.38. The molecule has 0 aromatic carbocycles. The fourth-order valence-electron chi connectivity index (χ4n) is 1.67. The minimum atomic E-state index is 0.118. The molecule has 1 saturated heterocycles. The third-order valence-electron chi connectivity index (χ3n) is 2.65. The van der Waals surface area contributed by atoms with Crippen LogP contribution < -0.4 is 0 Å². The van der Waals surface area contributed by atoms with Gasteiger partial charge in [0.2, 0.25) is 0 Å². The van der Waals surface area contributed by atoms with Gasteiger partial charge in [0.05, 0.1) is 12.7 Å². The number of nitrogens with zero attached hydrogens (tertiary/aromatic N) is 3. The van der Waals surface area contributed by atoms with Gasteiger partial charge in [-0.25, -0.2) is 0 Å². The van der Waals surface area contributed by atoms with Gasteiger partial charge in [-0.3, -0.25) is 0 Å². The topological polar surface area (TPSA) is 67.2 Å². The fourth-order valence-corrected chi connectivity index (χ4v) is 1.67. The molecule has 1 fully saturated rings. The Bertz CT molecular complexity index is 217. The van der Waals surface area contributed by atoms with Gasteiger partial charge in [0.25, 0.3) is 0 Å². The molecule has 86 valence electrons. The lowest BCUT2D eigenvalue weighted by atomic mass is 10.0. The Morgan fingerprint density at radius 3 is 3.20 bits per heavy atom. The Labute approximate surface area is 90.4 Å². The second-order valence-electron chi connectivity index (χ2n) is 3.80. The number of unbranched alkanes of at least 4 members (excludes halogenated alkanes) is 1. The first kappa shape index (κ1) is 12.3. The summed E-state index contributed by atoms with van der Waals surface area (Å²) in [7, 11) is 0. The molecular weight excluding hydrogens is 194 g/mol. The highest BCUT2D eigenvalue weighted by Crippen LogP contribution is 2.21. The van der Waals surface area contributed by atoms with E-state index in [1.807, 2.05) is 0 Å². The highest BCUT2D eigenvalue weighted by Gasteiger charge is 2.27. The minimum absolute atomic E-state index is 0.118. The van der Waals surface area contributed by atoms with E-state index in [9.17, 15) is 0 Å². The molecule has 2 atom stereocenters. The molecule has 0 aromatic rings. The second kappa shape index (κ2) is 7.51. The molecular formula is C10H19N3O2. The van der Waals surface area contributed by atoms with Gasteiger partial charge in [-0.05, 0) is 24.3 Å². The molecule has 5 nitrogen and oxygen atoms in total. The Kier molecular flexibility index (Phi) is 6.16. The fraction of sp³-hybridized carbons (Fsp3) is 1.00. The minimum Gasteiger partial charge on any atom is -0.379 e. The third kappa shape index (κ3) is 4.51. The van der Waals surface area contributed by atoms with E-state index in [-0.39, 0.29) is 6.10 Å². The molecule has 0 saturated carbocycles. The molecule has 0 radical (unpaired) electrons. The van der Waals surface area contributed by atoms with Crippen LogP contribution in [0.25, 0.3) is 10.4 Å². The number of rotatable bonds is 7. The predicted molar refractivity (Wildman–Crippen MR) is 57.6 cm³/mol. The summed E-state index contributed by atoms with van der Waals surface area (Å²) >= 11 is 0. The van der Waals surface area contributed by atoms with Crippen molar-refractivity contribution in [1.29, 1.82) is 0 Å². The highest BCUT2D eigenvalue weighted by molar-refractivity contribution is 4.78. The summed E-state index contributed by atoms with van der Waals surface area (Å²) in [5.74, 6) is 0.336. The smallest absolute Gasteiger partial charge is 0.0838 e. The molecule has 1 rings (SSSR count). The molecule has 1 aliphatic rings. The quantitative estimate of drug-likeness (QED) is 0.282. The predicted octanol–water partition coefficient (Wildman–Crippen LogP) is 2.52. The van der Waals surface area contributed by atoms with Gasteiger partial charge in [-0.2, -0.15) is 0 Å². The average Bonchev–Trinajstić information content (AvgIpc) is 2.69. The van der Waals surface area contributed by atoms with Crippen LogP contribution in [0.1, 0.15) is 26.2 Å². The zero-order valence-electron chi connectivity index (χ0n) is 9.26. The zero-order chi connectivity index (χ0) is 10.9. The lowest BCUT2D eigenvalue weighted by Crippen LogP contribution is -2.24. The number of azide groups is 1. The summed E-state index contributed by atoms with van der Waals surface area (Å²) in [6.07, 6.45) is 3.33. The van der Waals surface area contributed by atoms with E-state index in [4.69, 9.17) is 15.0 Å². The van der Waals surface area contributed by atoms with E-state index in [0.29, 0.717) is 19.1 Å². The van der Waals surface area contributed by atoms with E-state index in [2.05, 4.69) is 16.9 Å². The maximum atomic E-state index is 8.25. The van der Waals surface area contributed by atoms with Crippen molar-refractivity contribution in [3.05, 3.63) is 10.4 Å². The molecule has 0 aliphatic carbocycles. The number of hydrogen-bond acceptors (Lipinski definition) is 3. The van der Waals surface area contributed by atoms with E-state index in [1.165, 1.54) is 0 Å². The molecule has 5 heteroatoms. The standard InChI is InChI=1S/C10H19N3O2/c1-2-3-5-14-8-10-9(4-6-15-10)7-12-13-11/h9-10H,2-8H2,1H3/t9-,10-/m1/s1. The summed E-state index contributed by atoms with van der Waals surface area (Å²) in [5.41, 5.74) is 8.25. The van der Waals surface area contributed by atoms with Crippen molar-refractivity contribution < 1.29 is 9.47 Å². The summed E-state index contributed by atoms with van der Waals surface area (Å²) in [4.78, 5) is 2.77. The molecule has 0 spiro atoms. The van der Waals surface area contributed by atoms with Crippen LogP contribution in [0.4, 0.5) is 0 Å². The van der Waals surface area contributed by atoms with Crippen LogP contribution in [-0.4, -0.2) is 32.5 Å². The Hall–Kier alpha value is -0.770. The van der Waals surface area contributed by atoms with Crippen LogP contribution >= 0.6 is 0 Å². The maximum Gasteiger partial charge on any atom is 0.0838 e. The first-order valence-electron chi connectivity index (χ1n) is 5.58. The van der Waals surface area contributed by atoms with E-state index in [1.54, 1.807) is 0 Å². The van der Waals surface area contributed by atoms with Crippen LogP contribution in [0.3, 0.4) is 0 Å². The van der Waals surface area contributed by atoms with Gasteiger partial charge < -0.3 is 9.47 Å². The van der Waals surface area contributed by atoms with Crippen LogP contribution in [0.5, 0.6) is 0 Å². The maximum absolute atomic E-state index is 8.25. The Balaban J connectivity index is 2.17. The monoisotopic (exact) mass is 213 g/mol. The van der Waals surface area contributed by atoms with Crippen molar-refractivity contribution in [2.75, 3.05) is 26.4 Å². The normalized spacial score (nSPS) is 25.1. The van der Waals surface area contributed by atoms with Gasteiger partial charge >= 0.3 is 0 Å². The molecule has 1 aliphatic heterocycles. The van der Waals surface area contributed by atoms with Crippen molar-refractivity contribution >= 4 is 0 Å². The van der Waals surface area contributed by atoms with Gasteiger partial charge in [-0.1, -0.05) is 18.5 Å². The van der Waals surface area contributed by atoms with Crippen molar-refractivity contribution in [3.63, 3.8) is 0 Å². The molecule has 0 bridgehead atoms. The second-order valence-corrected chi connectivity index (χ2v) is 3.80. The molecule has 0 unspecified atom stereocenters.